The molecule has 7 heteroatoms. The molecule has 0 saturated carbocycles. The molecule has 1 heterocycles. The van der Waals surface area contributed by atoms with Gasteiger partial charge in [-0.3, -0.25) is 14.9 Å². The van der Waals surface area contributed by atoms with Gasteiger partial charge >= 0.3 is 0 Å². The summed E-state index contributed by atoms with van der Waals surface area (Å²) in [7, 11) is 0. The van der Waals surface area contributed by atoms with Crippen LogP contribution in [0.5, 0.6) is 11.5 Å². The third-order valence-corrected chi connectivity index (χ3v) is 2.60. The lowest BCUT2D eigenvalue weighted by Crippen LogP contribution is -2.13. The van der Waals surface area contributed by atoms with Gasteiger partial charge in [0.05, 0.1) is 29.9 Å². The van der Waals surface area contributed by atoms with Crippen molar-refractivity contribution in [3.05, 3.63) is 22.2 Å². The number of carbonyl (C=O) groups excluding carboxylic acids is 1. The van der Waals surface area contributed by atoms with Gasteiger partial charge in [0.2, 0.25) is 5.91 Å². The van der Waals surface area contributed by atoms with E-state index in [2.05, 4.69) is 5.32 Å². The molecule has 0 radical (unpaired) electrons. The molecular formula is C12H14N2O5. The van der Waals surface area contributed by atoms with E-state index in [1.807, 2.05) is 0 Å². The Morgan fingerprint density at radius 2 is 2.00 bits per heavy atom. The molecule has 1 aliphatic rings. The number of fused-ring (bicyclic) bond motifs is 1. The summed E-state index contributed by atoms with van der Waals surface area (Å²) >= 11 is 0. The van der Waals surface area contributed by atoms with Gasteiger partial charge in [0.25, 0.3) is 5.69 Å². The van der Waals surface area contributed by atoms with Gasteiger partial charge in [0.15, 0.2) is 11.5 Å². The van der Waals surface area contributed by atoms with E-state index in [9.17, 15) is 14.9 Å². The molecule has 0 fully saturated rings. The van der Waals surface area contributed by atoms with Crippen LogP contribution in [0.25, 0.3) is 0 Å². The molecule has 1 amide bonds. The maximum absolute atomic E-state index is 11.2. The highest BCUT2D eigenvalue weighted by atomic mass is 16.6. The first kappa shape index (κ1) is 13.1. The number of hydrogen-bond acceptors (Lipinski definition) is 5. The van der Waals surface area contributed by atoms with Crippen molar-refractivity contribution in [3.63, 3.8) is 0 Å². The number of ether oxygens (including phenoxy) is 2. The number of amides is 1. The standard InChI is InChI=1S/C12H14N2O5/c1-8(15)13-10-6-9(14(16)17)7-11-12(10)19-5-3-2-4-18-11/h6-7H,2-5H2,1H3,(H,13,15). The summed E-state index contributed by atoms with van der Waals surface area (Å²) in [6.45, 7) is 2.28. The van der Waals surface area contributed by atoms with Crippen molar-refractivity contribution in [3.8, 4) is 11.5 Å². The lowest BCUT2D eigenvalue weighted by Gasteiger charge is -2.19. The number of nitro benzene ring substituents is 1. The molecule has 0 bridgehead atoms. The molecule has 0 unspecified atom stereocenters. The predicted molar refractivity (Wildman–Crippen MR) is 67.6 cm³/mol. The molecule has 1 aromatic carbocycles. The van der Waals surface area contributed by atoms with Crippen molar-refractivity contribution in [2.45, 2.75) is 19.8 Å². The van der Waals surface area contributed by atoms with Gasteiger partial charge in [-0.1, -0.05) is 0 Å². The quantitative estimate of drug-likeness (QED) is 0.653. The summed E-state index contributed by atoms with van der Waals surface area (Å²) in [4.78, 5) is 21.5. The molecule has 102 valence electrons. The number of nitro groups is 1. The van der Waals surface area contributed by atoms with E-state index in [-0.39, 0.29) is 23.0 Å². The molecule has 7 nitrogen and oxygen atoms in total. The van der Waals surface area contributed by atoms with Crippen molar-refractivity contribution in [1.29, 1.82) is 0 Å². The normalized spacial score (nSPS) is 14.2. The van der Waals surface area contributed by atoms with E-state index in [0.29, 0.717) is 19.0 Å². The zero-order chi connectivity index (χ0) is 13.8. The highest BCUT2D eigenvalue weighted by molar-refractivity contribution is 5.91. The maximum atomic E-state index is 11.2. The molecule has 1 aliphatic heterocycles. The van der Waals surface area contributed by atoms with E-state index in [1.165, 1.54) is 19.1 Å². The first-order valence-electron chi connectivity index (χ1n) is 5.93. The summed E-state index contributed by atoms with van der Waals surface area (Å²) in [6.07, 6.45) is 1.65. The Labute approximate surface area is 109 Å². The van der Waals surface area contributed by atoms with Crippen molar-refractivity contribution in [2.24, 2.45) is 0 Å². The summed E-state index contributed by atoms with van der Waals surface area (Å²) in [5.41, 5.74) is 0.116. The minimum atomic E-state index is -0.534. The van der Waals surface area contributed by atoms with Gasteiger partial charge < -0.3 is 14.8 Å². The van der Waals surface area contributed by atoms with Crippen LogP contribution < -0.4 is 14.8 Å². The molecule has 0 spiro atoms. The Kier molecular flexibility index (Phi) is 3.84. The van der Waals surface area contributed by atoms with Crippen LogP contribution in [0.4, 0.5) is 11.4 Å². The summed E-state index contributed by atoms with van der Waals surface area (Å²) in [5, 5.41) is 13.4. The van der Waals surface area contributed by atoms with Crippen LogP contribution in [0, 0.1) is 10.1 Å². The van der Waals surface area contributed by atoms with Crippen LogP contribution >= 0.6 is 0 Å². The second-order valence-corrected chi connectivity index (χ2v) is 4.16. The van der Waals surface area contributed by atoms with Gasteiger partial charge in [0, 0.05) is 13.0 Å². The van der Waals surface area contributed by atoms with Gasteiger partial charge in [-0.15, -0.1) is 0 Å². The zero-order valence-electron chi connectivity index (χ0n) is 10.5. The molecule has 1 aromatic rings. The van der Waals surface area contributed by atoms with Gasteiger partial charge in [-0.05, 0) is 12.8 Å². The second-order valence-electron chi connectivity index (χ2n) is 4.16. The SMILES string of the molecule is CC(=O)Nc1cc([N+](=O)[O-])cc2c1OCCCCO2. The monoisotopic (exact) mass is 266 g/mol. The minimum Gasteiger partial charge on any atom is -0.489 e. The molecule has 0 atom stereocenters. The number of non-ortho nitro benzene ring substituents is 1. The average molecular weight is 266 g/mol. The Morgan fingerprint density at radius 3 is 2.63 bits per heavy atom. The van der Waals surface area contributed by atoms with Gasteiger partial charge in [-0.25, -0.2) is 0 Å². The minimum absolute atomic E-state index is 0.147. The lowest BCUT2D eigenvalue weighted by atomic mass is 10.2. The topological polar surface area (TPSA) is 90.7 Å². The Balaban J connectivity index is 2.48. The Morgan fingerprint density at radius 1 is 1.32 bits per heavy atom. The lowest BCUT2D eigenvalue weighted by molar-refractivity contribution is -0.384. The van der Waals surface area contributed by atoms with Gasteiger partial charge in [-0.2, -0.15) is 0 Å². The van der Waals surface area contributed by atoms with E-state index in [1.54, 1.807) is 0 Å². The highest BCUT2D eigenvalue weighted by Gasteiger charge is 2.21. The summed E-state index contributed by atoms with van der Waals surface area (Å²) in [5.74, 6) is 0.312. The molecule has 0 saturated heterocycles. The number of hydrogen-bond donors (Lipinski definition) is 1. The maximum Gasteiger partial charge on any atom is 0.275 e. The summed E-state index contributed by atoms with van der Waals surface area (Å²) in [6, 6.07) is 2.58. The fraction of sp³-hybridized carbons (Fsp3) is 0.417. The van der Waals surface area contributed by atoms with E-state index in [0.717, 1.165) is 12.8 Å². The van der Waals surface area contributed by atoms with E-state index in [4.69, 9.17) is 9.47 Å². The zero-order valence-corrected chi connectivity index (χ0v) is 10.5. The van der Waals surface area contributed by atoms with Crippen LogP contribution in [-0.2, 0) is 4.79 Å². The Bertz CT molecular complexity index is 515. The van der Waals surface area contributed by atoms with Gasteiger partial charge in [0.1, 0.15) is 0 Å². The number of nitrogens with zero attached hydrogens (tertiary/aromatic N) is 1. The number of anilines is 1. The number of benzene rings is 1. The van der Waals surface area contributed by atoms with Crippen LogP contribution in [0.1, 0.15) is 19.8 Å². The fourth-order valence-corrected chi connectivity index (χ4v) is 1.79. The molecule has 2 rings (SSSR count). The Hall–Kier alpha value is -2.31. The fourth-order valence-electron chi connectivity index (χ4n) is 1.79. The highest BCUT2D eigenvalue weighted by Crippen LogP contribution is 2.40. The van der Waals surface area contributed by atoms with Crippen LogP contribution in [0.3, 0.4) is 0 Å². The summed E-state index contributed by atoms with van der Waals surface area (Å²) < 4.78 is 11.0. The van der Waals surface area contributed by atoms with Crippen molar-refractivity contribution in [1.82, 2.24) is 0 Å². The van der Waals surface area contributed by atoms with E-state index < -0.39 is 4.92 Å². The van der Waals surface area contributed by atoms with E-state index >= 15 is 0 Å². The predicted octanol–water partition coefficient (Wildman–Crippen LogP) is 2.10. The third-order valence-electron chi connectivity index (χ3n) is 2.60. The molecule has 0 aliphatic carbocycles. The first-order valence-corrected chi connectivity index (χ1v) is 5.93. The molecular weight excluding hydrogens is 252 g/mol. The van der Waals surface area contributed by atoms with Crippen LogP contribution in [0.15, 0.2) is 12.1 Å². The largest absolute Gasteiger partial charge is 0.489 e. The number of carbonyl (C=O) groups is 1. The van der Waals surface area contributed by atoms with Crippen LogP contribution in [0.2, 0.25) is 0 Å². The number of nitrogens with one attached hydrogen (secondary N) is 1. The molecule has 0 aromatic heterocycles. The number of rotatable bonds is 2. The molecule has 1 N–H and O–H groups in total. The molecule has 19 heavy (non-hydrogen) atoms. The van der Waals surface area contributed by atoms with Crippen molar-refractivity contribution >= 4 is 17.3 Å². The average Bonchev–Trinajstić information content (AvgIpc) is 2.29. The van der Waals surface area contributed by atoms with Crippen molar-refractivity contribution < 1.29 is 19.2 Å². The third kappa shape index (κ3) is 3.12. The second kappa shape index (κ2) is 5.55. The first-order chi connectivity index (χ1) is 9.08. The van der Waals surface area contributed by atoms with Crippen LogP contribution in [-0.4, -0.2) is 24.0 Å². The van der Waals surface area contributed by atoms with Crippen molar-refractivity contribution in [2.75, 3.05) is 18.5 Å². The smallest absolute Gasteiger partial charge is 0.275 e.